The maximum absolute atomic E-state index is 13.0. The maximum Gasteiger partial charge on any atom is 0.275 e. The van der Waals surface area contributed by atoms with Crippen molar-refractivity contribution < 1.29 is 0 Å². The molecule has 7 nitrogen and oxygen atoms in total. The van der Waals surface area contributed by atoms with Crippen LogP contribution in [0.5, 0.6) is 0 Å². The number of H-pyrrole nitrogens is 1. The first-order chi connectivity index (χ1) is 15.1. The zero-order chi connectivity index (χ0) is 21.5. The van der Waals surface area contributed by atoms with Gasteiger partial charge in [0.15, 0.2) is 5.65 Å². The third-order valence-corrected chi connectivity index (χ3v) is 5.64. The van der Waals surface area contributed by atoms with E-state index in [2.05, 4.69) is 10.2 Å². The van der Waals surface area contributed by atoms with Crippen molar-refractivity contribution in [1.29, 1.82) is 0 Å². The van der Waals surface area contributed by atoms with Crippen molar-refractivity contribution in [3.05, 3.63) is 99.0 Å². The van der Waals surface area contributed by atoms with Gasteiger partial charge in [0.2, 0.25) is 0 Å². The lowest BCUT2D eigenvalue weighted by molar-refractivity contribution is 0.524. The highest BCUT2D eigenvalue weighted by atomic mass is 16.1. The fraction of sp³-hybridized carbons (Fsp3) is 0.167. The van der Waals surface area contributed by atoms with Crippen molar-refractivity contribution in [1.82, 2.24) is 24.4 Å². The summed E-state index contributed by atoms with van der Waals surface area (Å²) in [4.78, 5) is 30.8. The molecule has 7 heteroatoms. The molecule has 2 aromatic carbocycles. The number of fused-ring (bicyclic) bond motifs is 2. The van der Waals surface area contributed by atoms with Crippen molar-refractivity contribution >= 4 is 16.4 Å². The Morgan fingerprint density at radius 1 is 1.03 bits per heavy atom. The third kappa shape index (κ3) is 3.06. The summed E-state index contributed by atoms with van der Waals surface area (Å²) < 4.78 is 2.85. The Hall–Kier alpha value is -4.00. The van der Waals surface area contributed by atoms with Gasteiger partial charge in [0.25, 0.3) is 11.1 Å². The summed E-state index contributed by atoms with van der Waals surface area (Å²) in [6.07, 6.45) is 2.39. The molecule has 1 N–H and O–H groups in total. The molecule has 0 aliphatic rings. The summed E-state index contributed by atoms with van der Waals surface area (Å²) >= 11 is 0. The average Bonchev–Trinajstić information content (AvgIpc) is 3.19. The highest BCUT2D eigenvalue weighted by Crippen LogP contribution is 2.28. The second kappa shape index (κ2) is 7.36. The summed E-state index contributed by atoms with van der Waals surface area (Å²) in [6, 6.07) is 18.2. The van der Waals surface area contributed by atoms with Crippen LogP contribution in [0.25, 0.3) is 27.5 Å². The summed E-state index contributed by atoms with van der Waals surface area (Å²) in [5.41, 5.74) is 3.42. The average molecular weight is 411 g/mol. The Morgan fingerprint density at radius 3 is 2.55 bits per heavy atom. The van der Waals surface area contributed by atoms with Crippen LogP contribution in [-0.2, 0) is 6.42 Å². The van der Waals surface area contributed by atoms with Crippen LogP contribution in [0.1, 0.15) is 31.3 Å². The SMILES string of the molecule is CCc1[nH]n2c(=O)cc([C@@H](C)n3ncc4ccccc4c3=O)nc2c1-c1ccccc1. The second-order valence-corrected chi connectivity index (χ2v) is 7.52. The lowest BCUT2D eigenvalue weighted by Crippen LogP contribution is -2.28. The Labute approximate surface area is 177 Å². The smallest absolute Gasteiger partial charge is 0.275 e. The van der Waals surface area contributed by atoms with E-state index in [1.54, 1.807) is 12.3 Å². The van der Waals surface area contributed by atoms with E-state index >= 15 is 0 Å². The van der Waals surface area contributed by atoms with Crippen molar-refractivity contribution in [2.75, 3.05) is 0 Å². The molecule has 0 aliphatic heterocycles. The van der Waals surface area contributed by atoms with Gasteiger partial charge in [-0.1, -0.05) is 55.5 Å². The van der Waals surface area contributed by atoms with Gasteiger partial charge in [-0.3, -0.25) is 14.7 Å². The number of aryl methyl sites for hydroxylation is 1. The van der Waals surface area contributed by atoms with E-state index < -0.39 is 6.04 Å². The van der Waals surface area contributed by atoms with E-state index in [0.717, 1.165) is 28.6 Å². The highest BCUT2D eigenvalue weighted by Gasteiger charge is 2.20. The third-order valence-electron chi connectivity index (χ3n) is 5.64. The zero-order valence-corrected chi connectivity index (χ0v) is 17.2. The van der Waals surface area contributed by atoms with Crippen LogP contribution in [-0.4, -0.2) is 24.4 Å². The first-order valence-electron chi connectivity index (χ1n) is 10.2. The molecule has 0 aliphatic carbocycles. The number of aromatic amines is 1. The minimum Gasteiger partial charge on any atom is -0.293 e. The first-order valence-corrected chi connectivity index (χ1v) is 10.2. The molecule has 0 spiro atoms. The van der Waals surface area contributed by atoms with Gasteiger partial charge >= 0.3 is 0 Å². The van der Waals surface area contributed by atoms with Crippen LogP contribution in [0.4, 0.5) is 0 Å². The van der Waals surface area contributed by atoms with E-state index in [1.165, 1.54) is 15.3 Å². The fourth-order valence-corrected chi connectivity index (χ4v) is 3.99. The molecule has 1 atom stereocenters. The van der Waals surface area contributed by atoms with E-state index in [4.69, 9.17) is 4.98 Å². The monoisotopic (exact) mass is 411 g/mol. The number of nitrogens with zero attached hydrogens (tertiary/aromatic N) is 4. The largest absolute Gasteiger partial charge is 0.293 e. The molecule has 0 saturated carbocycles. The number of benzene rings is 2. The number of hydrogen-bond acceptors (Lipinski definition) is 4. The zero-order valence-electron chi connectivity index (χ0n) is 17.2. The van der Waals surface area contributed by atoms with Crippen molar-refractivity contribution in [2.45, 2.75) is 26.3 Å². The Kier molecular flexibility index (Phi) is 4.51. The maximum atomic E-state index is 13.0. The number of aromatic nitrogens is 5. The Morgan fingerprint density at radius 2 is 1.77 bits per heavy atom. The standard InChI is InChI=1S/C24H21N5O2/c1-3-19-22(16-9-5-4-6-10-16)23-26-20(13-21(30)29(23)27-19)15(2)28-24(31)18-12-8-7-11-17(18)14-25-28/h4-15,27H,3H2,1-2H3/t15-/m1/s1. The molecule has 5 aromatic rings. The van der Waals surface area contributed by atoms with E-state index in [1.807, 2.05) is 62.4 Å². The van der Waals surface area contributed by atoms with Gasteiger partial charge < -0.3 is 0 Å². The van der Waals surface area contributed by atoms with Crippen molar-refractivity contribution in [3.8, 4) is 11.1 Å². The topological polar surface area (TPSA) is 85.0 Å². The Balaban J connectivity index is 1.72. The molecular weight excluding hydrogens is 390 g/mol. The normalized spacial score (nSPS) is 12.5. The van der Waals surface area contributed by atoms with Gasteiger partial charge in [-0.2, -0.15) is 5.10 Å². The van der Waals surface area contributed by atoms with Gasteiger partial charge in [0.05, 0.1) is 23.3 Å². The minimum absolute atomic E-state index is 0.209. The molecule has 154 valence electrons. The quantitative estimate of drug-likeness (QED) is 0.490. The Bertz CT molecular complexity index is 1530. The predicted molar refractivity (Wildman–Crippen MR) is 120 cm³/mol. The van der Waals surface area contributed by atoms with Gasteiger partial charge in [-0.15, -0.1) is 0 Å². The molecule has 3 heterocycles. The summed E-state index contributed by atoms with van der Waals surface area (Å²) in [7, 11) is 0. The molecular formula is C24H21N5O2. The van der Waals surface area contributed by atoms with Crippen LogP contribution in [0.2, 0.25) is 0 Å². The molecule has 0 amide bonds. The van der Waals surface area contributed by atoms with Crippen molar-refractivity contribution in [3.63, 3.8) is 0 Å². The van der Waals surface area contributed by atoms with Gasteiger partial charge in [-0.25, -0.2) is 14.2 Å². The molecule has 5 rings (SSSR count). The molecule has 3 aromatic heterocycles. The minimum atomic E-state index is -0.501. The number of hydrogen-bond donors (Lipinski definition) is 1. The van der Waals surface area contributed by atoms with Crippen LogP contribution >= 0.6 is 0 Å². The predicted octanol–water partition coefficient (Wildman–Crippen LogP) is 3.57. The van der Waals surface area contributed by atoms with E-state index in [0.29, 0.717) is 16.7 Å². The van der Waals surface area contributed by atoms with E-state index in [-0.39, 0.29) is 11.1 Å². The fourth-order valence-electron chi connectivity index (χ4n) is 3.99. The van der Waals surface area contributed by atoms with Crippen LogP contribution in [0.15, 0.2) is 76.4 Å². The highest BCUT2D eigenvalue weighted by molar-refractivity contribution is 5.81. The van der Waals surface area contributed by atoms with E-state index in [9.17, 15) is 9.59 Å². The van der Waals surface area contributed by atoms with Gasteiger partial charge in [-0.05, 0) is 25.0 Å². The summed E-state index contributed by atoms with van der Waals surface area (Å²) in [6.45, 7) is 3.86. The number of nitrogens with one attached hydrogen (secondary N) is 1. The summed E-state index contributed by atoms with van der Waals surface area (Å²) in [5.74, 6) is 0. The number of rotatable bonds is 4. The molecule has 31 heavy (non-hydrogen) atoms. The second-order valence-electron chi connectivity index (χ2n) is 7.52. The first kappa shape index (κ1) is 19.0. The molecule has 0 unspecified atom stereocenters. The van der Waals surface area contributed by atoms with Crippen LogP contribution in [0.3, 0.4) is 0 Å². The van der Waals surface area contributed by atoms with Crippen LogP contribution < -0.4 is 11.1 Å². The van der Waals surface area contributed by atoms with Crippen molar-refractivity contribution in [2.24, 2.45) is 0 Å². The van der Waals surface area contributed by atoms with Gasteiger partial charge in [0.1, 0.15) is 0 Å². The molecule has 0 fully saturated rings. The lowest BCUT2D eigenvalue weighted by Gasteiger charge is -2.14. The molecule has 0 saturated heterocycles. The summed E-state index contributed by atoms with van der Waals surface area (Å²) in [5, 5.41) is 8.89. The molecule has 0 radical (unpaired) electrons. The lowest BCUT2D eigenvalue weighted by atomic mass is 10.0. The van der Waals surface area contributed by atoms with Crippen LogP contribution in [0, 0.1) is 0 Å². The van der Waals surface area contributed by atoms with Gasteiger partial charge in [0, 0.05) is 22.7 Å². The molecule has 0 bridgehead atoms.